The van der Waals surface area contributed by atoms with Gasteiger partial charge in [-0.15, -0.1) is 0 Å². The molecular formula is C21H26N3O+. The number of likely N-dealkylation sites (N-methyl/N-ethyl adjacent to an activating group) is 1. The Hall–Kier alpha value is -2.59. The molecule has 0 spiro atoms. The molecule has 1 amide bonds. The van der Waals surface area contributed by atoms with Crippen LogP contribution in [0, 0.1) is 0 Å². The number of aryl methyl sites for hydroxylation is 1. The Balaban J connectivity index is 1.55. The van der Waals surface area contributed by atoms with Crippen LogP contribution in [-0.4, -0.2) is 31.5 Å². The van der Waals surface area contributed by atoms with Crippen LogP contribution in [0.25, 0.3) is 10.9 Å². The van der Waals surface area contributed by atoms with Gasteiger partial charge in [-0.3, -0.25) is 4.79 Å². The van der Waals surface area contributed by atoms with Crippen LogP contribution in [-0.2, 0) is 11.2 Å². The summed E-state index contributed by atoms with van der Waals surface area (Å²) in [4.78, 5) is 16.9. The minimum Gasteiger partial charge on any atom is -0.361 e. The Morgan fingerprint density at radius 1 is 1.08 bits per heavy atom. The number of quaternary nitrogens is 1. The van der Waals surface area contributed by atoms with E-state index in [1.165, 1.54) is 21.4 Å². The molecule has 130 valence electrons. The standard InChI is InChI=1S/C21H25N3O/c1-24(2)20(16-8-4-3-5-9-16)15-23-21(25)13-12-17-14-22-19-11-7-6-10-18(17)19/h3-11,14,20,22H,12-13,15H2,1-2H3,(H,23,25)/p+1/t20-/m1/s1. The molecule has 1 atom stereocenters. The first-order valence-corrected chi connectivity index (χ1v) is 8.82. The molecule has 3 N–H and O–H groups in total. The van der Waals surface area contributed by atoms with Crippen molar-refractivity contribution in [2.75, 3.05) is 20.6 Å². The number of fused-ring (bicyclic) bond motifs is 1. The van der Waals surface area contributed by atoms with Gasteiger partial charge in [0.1, 0.15) is 6.04 Å². The lowest BCUT2D eigenvalue weighted by molar-refractivity contribution is -0.890. The molecular weight excluding hydrogens is 310 g/mol. The average molecular weight is 336 g/mol. The van der Waals surface area contributed by atoms with Crippen LogP contribution in [0.5, 0.6) is 0 Å². The van der Waals surface area contributed by atoms with Gasteiger partial charge < -0.3 is 15.2 Å². The third-order valence-corrected chi connectivity index (χ3v) is 4.70. The molecule has 0 bridgehead atoms. The maximum Gasteiger partial charge on any atom is 0.220 e. The summed E-state index contributed by atoms with van der Waals surface area (Å²) in [7, 11) is 4.24. The molecule has 1 heterocycles. The molecule has 4 heteroatoms. The first-order chi connectivity index (χ1) is 12.1. The summed E-state index contributed by atoms with van der Waals surface area (Å²) in [5.74, 6) is 0.104. The van der Waals surface area contributed by atoms with Gasteiger partial charge in [0.15, 0.2) is 0 Å². The summed E-state index contributed by atoms with van der Waals surface area (Å²) >= 11 is 0. The van der Waals surface area contributed by atoms with Gasteiger partial charge in [-0.1, -0.05) is 48.5 Å². The highest BCUT2D eigenvalue weighted by Gasteiger charge is 2.18. The monoisotopic (exact) mass is 336 g/mol. The van der Waals surface area contributed by atoms with Gasteiger partial charge in [0.25, 0.3) is 0 Å². The van der Waals surface area contributed by atoms with E-state index >= 15 is 0 Å². The lowest BCUT2D eigenvalue weighted by Crippen LogP contribution is -3.07. The molecule has 0 radical (unpaired) electrons. The lowest BCUT2D eigenvalue weighted by Gasteiger charge is -2.22. The predicted octanol–water partition coefficient (Wildman–Crippen LogP) is 2.10. The van der Waals surface area contributed by atoms with Crippen LogP contribution in [0.1, 0.15) is 23.6 Å². The molecule has 0 unspecified atom stereocenters. The fourth-order valence-electron chi connectivity index (χ4n) is 3.23. The van der Waals surface area contributed by atoms with Crippen molar-refractivity contribution in [1.29, 1.82) is 0 Å². The number of nitrogens with one attached hydrogen (secondary N) is 3. The lowest BCUT2D eigenvalue weighted by atomic mass is 10.1. The predicted molar refractivity (Wildman–Crippen MR) is 102 cm³/mol. The van der Waals surface area contributed by atoms with Crippen LogP contribution >= 0.6 is 0 Å². The van der Waals surface area contributed by atoms with E-state index in [1.54, 1.807) is 0 Å². The quantitative estimate of drug-likeness (QED) is 0.608. The van der Waals surface area contributed by atoms with Crippen molar-refractivity contribution in [2.24, 2.45) is 0 Å². The van der Waals surface area contributed by atoms with Gasteiger partial charge in [-0.2, -0.15) is 0 Å². The van der Waals surface area contributed by atoms with E-state index in [1.807, 2.05) is 36.5 Å². The fourth-order valence-corrected chi connectivity index (χ4v) is 3.23. The topological polar surface area (TPSA) is 49.3 Å². The van der Waals surface area contributed by atoms with Crippen molar-refractivity contribution < 1.29 is 9.69 Å². The normalized spacial score (nSPS) is 12.4. The van der Waals surface area contributed by atoms with Crippen LogP contribution in [0.2, 0.25) is 0 Å². The molecule has 0 aliphatic rings. The van der Waals surface area contributed by atoms with Crippen LogP contribution in [0.4, 0.5) is 0 Å². The van der Waals surface area contributed by atoms with Crippen molar-refractivity contribution in [3.63, 3.8) is 0 Å². The number of carbonyl (C=O) groups is 1. The van der Waals surface area contributed by atoms with Crippen molar-refractivity contribution >= 4 is 16.8 Å². The Morgan fingerprint density at radius 3 is 2.56 bits per heavy atom. The van der Waals surface area contributed by atoms with Crippen LogP contribution in [0.3, 0.4) is 0 Å². The minimum absolute atomic E-state index is 0.104. The number of aromatic nitrogens is 1. The third kappa shape index (κ3) is 4.28. The summed E-state index contributed by atoms with van der Waals surface area (Å²) in [6, 6.07) is 18.8. The van der Waals surface area contributed by atoms with Crippen LogP contribution < -0.4 is 10.2 Å². The number of hydrogen-bond donors (Lipinski definition) is 3. The molecule has 0 fully saturated rings. The van der Waals surface area contributed by atoms with Crippen LogP contribution in [0.15, 0.2) is 60.8 Å². The number of amides is 1. The number of aromatic amines is 1. The highest BCUT2D eigenvalue weighted by molar-refractivity contribution is 5.84. The molecule has 0 saturated carbocycles. The van der Waals surface area contributed by atoms with E-state index in [-0.39, 0.29) is 11.9 Å². The van der Waals surface area contributed by atoms with Gasteiger partial charge in [0.2, 0.25) is 5.91 Å². The molecule has 2 aromatic carbocycles. The van der Waals surface area contributed by atoms with Gasteiger partial charge >= 0.3 is 0 Å². The number of H-pyrrole nitrogens is 1. The summed E-state index contributed by atoms with van der Waals surface area (Å²) < 4.78 is 0. The Labute approximate surface area is 148 Å². The number of rotatable bonds is 7. The van der Waals surface area contributed by atoms with Crippen molar-refractivity contribution in [3.8, 4) is 0 Å². The first kappa shape index (κ1) is 17.2. The molecule has 0 aliphatic carbocycles. The fraction of sp³-hybridized carbons (Fsp3) is 0.286. The Kier molecular flexibility index (Phi) is 5.51. The maximum atomic E-state index is 12.3. The number of para-hydroxylation sites is 1. The summed E-state index contributed by atoms with van der Waals surface area (Å²) in [6.45, 7) is 0.652. The molecule has 1 aromatic heterocycles. The zero-order valence-electron chi connectivity index (χ0n) is 14.9. The average Bonchev–Trinajstić information content (AvgIpc) is 3.04. The molecule has 0 saturated heterocycles. The molecule has 0 aliphatic heterocycles. The number of benzene rings is 2. The van der Waals surface area contributed by atoms with E-state index in [2.05, 4.69) is 48.7 Å². The first-order valence-electron chi connectivity index (χ1n) is 8.82. The molecule has 3 aromatic rings. The second-order valence-electron chi connectivity index (χ2n) is 6.70. The van der Waals surface area contributed by atoms with E-state index in [9.17, 15) is 4.79 Å². The largest absolute Gasteiger partial charge is 0.361 e. The van der Waals surface area contributed by atoms with E-state index in [0.717, 1.165) is 11.9 Å². The SMILES string of the molecule is C[NH+](C)[C@H](CNC(=O)CCc1c[nH]c2ccccc12)c1ccccc1. The van der Waals surface area contributed by atoms with Crippen molar-refractivity contribution in [2.45, 2.75) is 18.9 Å². The third-order valence-electron chi connectivity index (χ3n) is 4.70. The molecule has 25 heavy (non-hydrogen) atoms. The maximum absolute atomic E-state index is 12.3. The zero-order valence-corrected chi connectivity index (χ0v) is 14.9. The Morgan fingerprint density at radius 2 is 1.80 bits per heavy atom. The van der Waals surface area contributed by atoms with Gasteiger partial charge in [-0.25, -0.2) is 0 Å². The second-order valence-corrected chi connectivity index (χ2v) is 6.70. The van der Waals surface area contributed by atoms with Crippen molar-refractivity contribution in [3.05, 3.63) is 71.9 Å². The van der Waals surface area contributed by atoms with E-state index in [4.69, 9.17) is 0 Å². The molecule has 4 nitrogen and oxygen atoms in total. The van der Waals surface area contributed by atoms with Gasteiger partial charge in [0, 0.05) is 29.1 Å². The zero-order chi connectivity index (χ0) is 17.6. The van der Waals surface area contributed by atoms with E-state index < -0.39 is 0 Å². The number of carbonyl (C=O) groups excluding carboxylic acids is 1. The smallest absolute Gasteiger partial charge is 0.220 e. The minimum atomic E-state index is 0.104. The second kappa shape index (κ2) is 7.99. The molecule has 3 rings (SSSR count). The number of hydrogen-bond acceptors (Lipinski definition) is 1. The van der Waals surface area contributed by atoms with Gasteiger partial charge in [-0.05, 0) is 18.1 Å². The summed E-state index contributed by atoms with van der Waals surface area (Å²) in [5.41, 5.74) is 3.57. The highest BCUT2D eigenvalue weighted by atomic mass is 16.1. The summed E-state index contributed by atoms with van der Waals surface area (Å²) in [5, 5.41) is 4.31. The summed E-state index contributed by atoms with van der Waals surface area (Å²) in [6.07, 6.45) is 3.27. The van der Waals surface area contributed by atoms with E-state index in [0.29, 0.717) is 13.0 Å². The van der Waals surface area contributed by atoms with Crippen molar-refractivity contribution in [1.82, 2.24) is 10.3 Å². The Bertz CT molecular complexity index is 823. The highest BCUT2D eigenvalue weighted by Crippen LogP contribution is 2.18. The van der Waals surface area contributed by atoms with Gasteiger partial charge in [0.05, 0.1) is 20.6 Å².